The molecule has 0 aliphatic carbocycles. The van der Waals surface area contributed by atoms with E-state index >= 15 is 0 Å². The quantitative estimate of drug-likeness (QED) is 0.586. The van der Waals surface area contributed by atoms with Crippen LogP contribution in [0.2, 0.25) is 5.02 Å². The molecule has 15 heavy (non-hydrogen) atoms. The van der Waals surface area contributed by atoms with Crippen molar-refractivity contribution in [1.82, 2.24) is 0 Å². The zero-order valence-corrected chi connectivity index (χ0v) is 8.61. The van der Waals surface area contributed by atoms with Gasteiger partial charge >= 0.3 is 5.69 Å². The first-order valence-corrected chi connectivity index (χ1v) is 4.48. The van der Waals surface area contributed by atoms with E-state index in [0.717, 1.165) is 6.07 Å². The number of nitriles is 1. The van der Waals surface area contributed by atoms with Crippen LogP contribution in [0.1, 0.15) is 12.5 Å². The van der Waals surface area contributed by atoms with Gasteiger partial charge < -0.3 is 4.74 Å². The zero-order chi connectivity index (χ0) is 11.4. The van der Waals surface area contributed by atoms with E-state index in [0.29, 0.717) is 6.61 Å². The third-order valence-electron chi connectivity index (χ3n) is 1.67. The van der Waals surface area contributed by atoms with Crippen molar-refractivity contribution in [2.45, 2.75) is 6.92 Å². The fourth-order valence-electron chi connectivity index (χ4n) is 1.04. The first-order valence-electron chi connectivity index (χ1n) is 4.11. The average molecular weight is 227 g/mol. The van der Waals surface area contributed by atoms with Gasteiger partial charge in [-0.2, -0.15) is 5.26 Å². The Labute approximate surface area is 91.0 Å². The van der Waals surface area contributed by atoms with Gasteiger partial charge in [0.05, 0.1) is 22.1 Å². The van der Waals surface area contributed by atoms with Gasteiger partial charge in [-0.05, 0) is 6.92 Å². The minimum absolute atomic E-state index is 0.0619. The number of hydrogen-bond donors (Lipinski definition) is 0. The molecule has 5 nitrogen and oxygen atoms in total. The first-order chi connectivity index (χ1) is 7.10. The molecule has 0 aliphatic rings. The normalized spacial score (nSPS) is 9.40. The van der Waals surface area contributed by atoms with Crippen LogP contribution >= 0.6 is 11.6 Å². The molecule has 0 aliphatic heterocycles. The molecule has 0 saturated carbocycles. The SMILES string of the molecule is CCOc1cc(Cl)c(C#N)cc1[N+](=O)[O-]. The summed E-state index contributed by atoms with van der Waals surface area (Å²) in [4.78, 5) is 10.0. The second kappa shape index (κ2) is 4.62. The summed E-state index contributed by atoms with van der Waals surface area (Å²) in [6.07, 6.45) is 0. The Hall–Kier alpha value is -1.80. The number of hydrogen-bond acceptors (Lipinski definition) is 4. The minimum Gasteiger partial charge on any atom is -0.487 e. The maximum Gasteiger partial charge on any atom is 0.312 e. The number of halogens is 1. The van der Waals surface area contributed by atoms with E-state index in [1.165, 1.54) is 6.07 Å². The van der Waals surface area contributed by atoms with Crippen LogP contribution in [0.4, 0.5) is 5.69 Å². The van der Waals surface area contributed by atoms with Crippen LogP contribution < -0.4 is 4.74 Å². The lowest BCUT2D eigenvalue weighted by Gasteiger charge is -2.04. The molecule has 0 saturated heterocycles. The van der Waals surface area contributed by atoms with Crippen LogP contribution in [-0.4, -0.2) is 11.5 Å². The number of nitrogens with zero attached hydrogens (tertiary/aromatic N) is 2. The summed E-state index contributed by atoms with van der Waals surface area (Å²) < 4.78 is 5.04. The minimum atomic E-state index is -0.609. The lowest BCUT2D eigenvalue weighted by molar-refractivity contribution is -0.385. The molecule has 78 valence electrons. The van der Waals surface area contributed by atoms with Gasteiger partial charge in [0, 0.05) is 12.1 Å². The van der Waals surface area contributed by atoms with Crippen molar-refractivity contribution in [1.29, 1.82) is 5.26 Å². The van der Waals surface area contributed by atoms with Crippen molar-refractivity contribution in [3.63, 3.8) is 0 Å². The lowest BCUT2D eigenvalue weighted by atomic mass is 10.2. The van der Waals surface area contributed by atoms with Crippen LogP contribution in [0.5, 0.6) is 5.75 Å². The van der Waals surface area contributed by atoms with Gasteiger partial charge in [-0.25, -0.2) is 0 Å². The predicted molar refractivity (Wildman–Crippen MR) is 54.0 cm³/mol. The van der Waals surface area contributed by atoms with Gasteiger partial charge in [0.2, 0.25) is 0 Å². The number of benzene rings is 1. The third-order valence-corrected chi connectivity index (χ3v) is 1.98. The van der Waals surface area contributed by atoms with Crippen molar-refractivity contribution in [2.24, 2.45) is 0 Å². The van der Waals surface area contributed by atoms with Gasteiger partial charge in [0.1, 0.15) is 6.07 Å². The maximum absolute atomic E-state index is 10.6. The molecule has 0 spiro atoms. The lowest BCUT2D eigenvalue weighted by Crippen LogP contribution is -1.98. The summed E-state index contributed by atoms with van der Waals surface area (Å²) in [5, 5.41) is 19.4. The molecule has 0 unspecified atom stereocenters. The van der Waals surface area contributed by atoms with Gasteiger partial charge in [-0.3, -0.25) is 10.1 Å². The monoisotopic (exact) mass is 226 g/mol. The smallest absolute Gasteiger partial charge is 0.312 e. The number of rotatable bonds is 3. The molecule has 0 N–H and O–H groups in total. The fourth-order valence-corrected chi connectivity index (χ4v) is 1.24. The summed E-state index contributed by atoms with van der Waals surface area (Å²) in [7, 11) is 0. The summed E-state index contributed by atoms with van der Waals surface area (Å²) in [6.45, 7) is 2.00. The highest BCUT2D eigenvalue weighted by atomic mass is 35.5. The molecule has 0 atom stereocenters. The molecule has 0 radical (unpaired) electrons. The van der Waals surface area contributed by atoms with Crippen molar-refractivity contribution < 1.29 is 9.66 Å². The molecule has 6 heteroatoms. The summed E-state index contributed by atoms with van der Waals surface area (Å²) in [6, 6.07) is 4.15. The van der Waals surface area contributed by atoms with Gasteiger partial charge in [-0.1, -0.05) is 11.6 Å². The van der Waals surface area contributed by atoms with Crippen molar-refractivity contribution in [3.8, 4) is 11.8 Å². The standard InChI is InChI=1S/C9H7ClN2O3/c1-2-15-9-4-7(10)6(5-11)3-8(9)12(13)14/h3-4H,2H2,1H3. The summed E-state index contributed by atoms with van der Waals surface area (Å²) in [5.74, 6) is 0.0755. The third kappa shape index (κ3) is 2.36. The van der Waals surface area contributed by atoms with Gasteiger partial charge in [0.25, 0.3) is 0 Å². The van der Waals surface area contributed by atoms with Gasteiger partial charge in [-0.15, -0.1) is 0 Å². The molecular weight excluding hydrogens is 220 g/mol. The maximum atomic E-state index is 10.6. The van der Waals surface area contributed by atoms with Crippen LogP contribution in [-0.2, 0) is 0 Å². The molecular formula is C9H7ClN2O3. The Morgan fingerprint density at radius 3 is 2.80 bits per heavy atom. The van der Waals surface area contributed by atoms with E-state index in [2.05, 4.69) is 0 Å². The molecule has 0 aromatic heterocycles. The fraction of sp³-hybridized carbons (Fsp3) is 0.222. The topological polar surface area (TPSA) is 76.2 Å². The molecule has 0 fully saturated rings. The highest BCUT2D eigenvalue weighted by Gasteiger charge is 2.18. The Bertz CT molecular complexity index is 440. The van der Waals surface area contributed by atoms with E-state index in [1.54, 1.807) is 13.0 Å². The van der Waals surface area contributed by atoms with Crippen molar-refractivity contribution in [3.05, 3.63) is 32.8 Å². The first kappa shape index (κ1) is 11.3. The summed E-state index contributed by atoms with van der Waals surface area (Å²) >= 11 is 5.72. The Morgan fingerprint density at radius 1 is 1.67 bits per heavy atom. The van der Waals surface area contributed by atoms with E-state index in [4.69, 9.17) is 21.6 Å². The Morgan fingerprint density at radius 2 is 2.33 bits per heavy atom. The number of nitro benzene ring substituents is 1. The van der Waals surface area contributed by atoms with E-state index < -0.39 is 4.92 Å². The largest absolute Gasteiger partial charge is 0.487 e. The Balaban J connectivity index is 3.33. The highest BCUT2D eigenvalue weighted by Crippen LogP contribution is 2.32. The average Bonchev–Trinajstić information content (AvgIpc) is 2.18. The van der Waals surface area contributed by atoms with Crippen LogP contribution in [0.15, 0.2) is 12.1 Å². The molecule has 0 amide bonds. The number of nitro groups is 1. The predicted octanol–water partition coefficient (Wildman–Crippen LogP) is 2.52. The zero-order valence-electron chi connectivity index (χ0n) is 7.86. The van der Waals surface area contributed by atoms with Crippen LogP contribution in [0.3, 0.4) is 0 Å². The van der Waals surface area contributed by atoms with E-state index in [-0.39, 0.29) is 22.0 Å². The van der Waals surface area contributed by atoms with Crippen molar-refractivity contribution in [2.75, 3.05) is 6.61 Å². The van der Waals surface area contributed by atoms with Crippen LogP contribution in [0.25, 0.3) is 0 Å². The summed E-state index contributed by atoms with van der Waals surface area (Å²) in [5.41, 5.74) is -0.190. The second-order valence-electron chi connectivity index (χ2n) is 2.60. The molecule has 0 bridgehead atoms. The highest BCUT2D eigenvalue weighted by molar-refractivity contribution is 6.32. The Kier molecular flexibility index (Phi) is 3.47. The molecule has 0 heterocycles. The number of ether oxygens (including phenoxy) is 1. The van der Waals surface area contributed by atoms with E-state index in [1.807, 2.05) is 0 Å². The van der Waals surface area contributed by atoms with Crippen LogP contribution in [0, 0.1) is 21.4 Å². The molecule has 1 aromatic carbocycles. The molecule has 1 rings (SSSR count). The molecule has 1 aromatic rings. The second-order valence-corrected chi connectivity index (χ2v) is 3.01. The van der Waals surface area contributed by atoms with Gasteiger partial charge in [0.15, 0.2) is 5.75 Å². The van der Waals surface area contributed by atoms with E-state index in [9.17, 15) is 10.1 Å². The van der Waals surface area contributed by atoms with Crippen molar-refractivity contribution >= 4 is 17.3 Å².